The van der Waals surface area contributed by atoms with E-state index in [0.717, 1.165) is 32.6 Å². The fourth-order valence-corrected chi connectivity index (χ4v) is 3.10. The van der Waals surface area contributed by atoms with Crippen molar-refractivity contribution in [3.05, 3.63) is 46.2 Å². The summed E-state index contributed by atoms with van der Waals surface area (Å²) in [4.78, 5) is 9.36. The van der Waals surface area contributed by atoms with E-state index >= 15 is 0 Å². The highest BCUT2D eigenvalue weighted by Crippen LogP contribution is 2.29. The second kappa shape index (κ2) is 4.46. The predicted octanol–water partition coefficient (Wildman–Crippen LogP) is 4.01. The minimum atomic E-state index is 0.789. The maximum atomic E-state index is 4.71. The lowest BCUT2D eigenvalue weighted by molar-refractivity contribution is 0.941. The molecule has 0 radical (unpaired) electrons. The number of hydrogen-bond donors (Lipinski definition) is 0. The van der Waals surface area contributed by atoms with Gasteiger partial charge in [-0.15, -0.1) is 0 Å². The molecule has 0 saturated carbocycles. The Labute approximate surface area is 120 Å². The molecule has 0 N–H and O–H groups in total. The van der Waals surface area contributed by atoms with Crippen LogP contribution in [-0.2, 0) is 7.05 Å². The van der Waals surface area contributed by atoms with Crippen molar-refractivity contribution in [1.82, 2.24) is 14.5 Å². The van der Waals surface area contributed by atoms with E-state index in [4.69, 9.17) is 4.98 Å². The molecule has 0 aliphatic rings. The van der Waals surface area contributed by atoms with Crippen molar-refractivity contribution in [1.29, 1.82) is 0 Å². The Morgan fingerprint density at radius 3 is 2.58 bits per heavy atom. The maximum absolute atomic E-state index is 4.71. The van der Waals surface area contributed by atoms with E-state index in [-0.39, 0.29) is 0 Å². The van der Waals surface area contributed by atoms with E-state index in [1.807, 2.05) is 36.9 Å². The van der Waals surface area contributed by atoms with Crippen molar-refractivity contribution in [2.24, 2.45) is 7.05 Å². The summed E-state index contributed by atoms with van der Waals surface area (Å²) in [5.74, 6) is 0.789. The van der Waals surface area contributed by atoms with Crippen LogP contribution in [-0.4, -0.2) is 14.5 Å². The van der Waals surface area contributed by atoms with E-state index in [9.17, 15) is 0 Å². The quantitative estimate of drug-likeness (QED) is 0.679. The van der Waals surface area contributed by atoms with E-state index in [1.54, 1.807) is 0 Å². The molecule has 96 valence electrons. The molecule has 0 aliphatic carbocycles. The lowest BCUT2D eigenvalue weighted by Gasteiger charge is -2.07. The molecule has 0 unspecified atom stereocenters. The Hall–Kier alpha value is -1.68. The summed E-state index contributed by atoms with van der Waals surface area (Å²) < 4.78 is 3.06. The molecular weight excluding hydrogens is 302 g/mol. The van der Waals surface area contributed by atoms with E-state index in [1.165, 1.54) is 5.56 Å². The molecule has 3 rings (SSSR count). The number of aryl methyl sites for hydroxylation is 3. The molecule has 3 nitrogen and oxygen atoms in total. The summed E-state index contributed by atoms with van der Waals surface area (Å²) in [5, 5.41) is 1.08. The second-order valence-electron chi connectivity index (χ2n) is 4.73. The Bertz CT molecular complexity index is 774. The normalized spacial score (nSPS) is 11.2. The number of fused-ring (bicyclic) bond motifs is 1. The van der Waals surface area contributed by atoms with Crippen LogP contribution < -0.4 is 0 Å². The summed E-state index contributed by atoms with van der Waals surface area (Å²) in [5.41, 5.74) is 4.23. The smallest absolute Gasteiger partial charge is 0.162 e. The fraction of sp³-hybridized carbons (Fsp3) is 0.200. The Morgan fingerprint density at radius 1 is 1.11 bits per heavy atom. The van der Waals surface area contributed by atoms with Crippen LogP contribution in [0.3, 0.4) is 0 Å². The number of nitrogens with zero attached hydrogens (tertiary/aromatic N) is 3. The Kier molecular flexibility index (Phi) is 2.90. The third kappa shape index (κ3) is 1.96. The third-order valence-electron chi connectivity index (χ3n) is 3.34. The van der Waals surface area contributed by atoms with Gasteiger partial charge in [0.2, 0.25) is 0 Å². The van der Waals surface area contributed by atoms with Gasteiger partial charge in [0.15, 0.2) is 5.82 Å². The highest BCUT2D eigenvalue weighted by Gasteiger charge is 2.13. The molecule has 0 amide bonds. The predicted molar refractivity (Wildman–Crippen MR) is 81.1 cm³/mol. The highest BCUT2D eigenvalue weighted by molar-refractivity contribution is 9.10. The average molecular weight is 316 g/mol. The maximum Gasteiger partial charge on any atom is 0.162 e. The molecule has 19 heavy (non-hydrogen) atoms. The first-order chi connectivity index (χ1) is 9.08. The Morgan fingerprint density at radius 2 is 1.84 bits per heavy atom. The molecule has 0 bridgehead atoms. The molecule has 2 aromatic heterocycles. The van der Waals surface area contributed by atoms with E-state index in [2.05, 4.69) is 40.0 Å². The molecule has 0 aliphatic heterocycles. The van der Waals surface area contributed by atoms with Gasteiger partial charge in [0.25, 0.3) is 0 Å². The first-order valence-electron chi connectivity index (χ1n) is 6.13. The van der Waals surface area contributed by atoms with Crippen molar-refractivity contribution in [3.63, 3.8) is 0 Å². The molecule has 1 aromatic carbocycles. The first kappa shape index (κ1) is 12.4. The minimum Gasteiger partial charge on any atom is -0.334 e. The van der Waals surface area contributed by atoms with Gasteiger partial charge in [-0.05, 0) is 35.3 Å². The highest BCUT2D eigenvalue weighted by atomic mass is 79.9. The minimum absolute atomic E-state index is 0.789. The summed E-state index contributed by atoms with van der Waals surface area (Å²) >= 11 is 3.56. The van der Waals surface area contributed by atoms with Crippen LogP contribution in [0.15, 0.2) is 34.9 Å². The van der Waals surface area contributed by atoms with Crippen molar-refractivity contribution in [2.75, 3.05) is 0 Å². The lowest BCUT2D eigenvalue weighted by Crippen LogP contribution is -1.97. The zero-order valence-corrected chi connectivity index (χ0v) is 12.7. The number of benzene rings is 1. The SMILES string of the molecule is Cc1ccccc1-c1nc(C)c2c(Br)cn(C)c2n1. The van der Waals surface area contributed by atoms with E-state index < -0.39 is 0 Å². The first-order valence-corrected chi connectivity index (χ1v) is 6.92. The van der Waals surface area contributed by atoms with Gasteiger partial charge in [-0.2, -0.15) is 0 Å². The van der Waals surface area contributed by atoms with Gasteiger partial charge in [0.1, 0.15) is 5.65 Å². The third-order valence-corrected chi connectivity index (χ3v) is 3.94. The van der Waals surface area contributed by atoms with Crippen LogP contribution in [0.5, 0.6) is 0 Å². The fourth-order valence-electron chi connectivity index (χ4n) is 2.33. The van der Waals surface area contributed by atoms with Crippen molar-refractivity contribution >= 4 is 27.0 Å². The zero-order valence-electron chi connectivity index (χ0n) is 11.1. The van der Waals surface area contributed by atoms with Crippen LogP contribution in [0.25, 0.3) is 22.4 Å². The summed E-state index contributed by atoms with van der Waals surface area (Å²) in [7, 11) is 2.00. The molecule has 0 atom stereocenters. The molecule has 4 heteroatoms. The molecule has 0 saturated heterocycles. The Balaban J connectivity index is 2.33. The molecule has 0 spiro atoms. The average Bonchev–Trinajstić information content (AvgIpc) is 2.65. The molecular formula is C15H14BrN3. The lowest BCUT2D eigenvalue weighted by atomic mass is 10.1. The number of aromatic nitrogens is 3. The van der Waals surface area contributed by atoms with Gasteiger partial charge in [-0.25, -0.2) is 9.97 Å². The van der Waals surface area contributed by atoms with Crippen molar-refractivity contribution in [2.45, 2.75) is 13.8 Å². The summed E-state index contributed by atoms with van der Waals surface area (Å²) in [6.45, 7) is 4.11. The van der Waals surface area contributed by atoms with E-state index in [0.29, 0.717) is 0 Å². The van der Waals surface area contributed by atoms with Crippen LogP contribution in [0.4, 0.5) is 0 Å². The van der Waals surface area contributed by atoms with Crippen LogP contribution >= 0.6 is 15.9 Å². The number of hydrogen-bond acceptors (Lipinski definition) is 2. The summed E-state index contributed by atoms with van der Waals surface area (Å²) in [6.07, 6.45) is 2.02. The standard InChI is InChI=1S/C15H14BrN3/c1-9-6-4-5-7-11(9)14-17-10(2)13-12(16)8-19(3)15(13)18-14/h4-8H,1-3H3. The molecule has 3 aromatic rings. The van der Waals surface area contributed by atoms with Crippen molar-refractivity contribution < 1.29 is 0 Å². The van der Waals surface area contributed by atoms with Gasteiger partial charge in [-0.1, -0.05) is 24.3 Å². The number of halogens is 1. The molecule has 2 heterocycles. The van der Waals surface area contributed by atoms with Crippen LogP contribution in [0, 0.1) is 13.8 Å². The largest absolute Gasteiger partial charge is 0.334 e. The zero-order chi connectivity index (χ0) is 13.6. The van der Waals surface area contributed by atoms with Gasteiger partial charge >= 0.3 is 0 Å². The van der Waals surface area contributed by atoms with Gasteiger partial charge in [0.05, 0.1) is 11.1 Å². The number of rotatable bonds is 1. The van der Waals surface area contributed by atoms with Gasteiger partial charge < -0.3 is 4.57 Å². The monoisotopic (exact) mass is 315 g/mol. The second-order valence-corrected chi connectivity index (χ2v) is 5.59. The van der Waals surface area contributed by atoms with Gasteiger partial charge in [0, 0.05) is 23.3 Å². The topological polar surface area (TPSA) is 30.7 Å². The summed E-state index contributed by atoms with van der Waals surface area (Å²) in [6, 6.07) is 8.20. The van der Waals surface area contributed by atoms with Crippen LogP contribution in [0.2, 0.25) is 0 Å². The molecule has 0 fully saturated rings. The van der Waals surface area contributed by atoms with Crippen LogP contribution in [0.1, 0.15) is 11.3 Å². The van der Waals surface area contributed by atoms with Gasteiger partial charge in [-0.3, -0.25) is 0 Å². The van der Waals surface area contributed by atoms with Crippen molar-refractivity contribution in [3.8, 4) is 11.4 Å².